The first kappa shape index (κ1) is 9.71. The van der Waals surface area contributed by atoms with Crippen molar-refractivity contribution in [3.05, 3.63) is 36.3 Å². The van der Waals surface area contributed by atoms with Crippen LogP contribution >= 0.6 is 21.0 Å². The maximum Gasteiger partial charge on any atom is 0.156 e. The van der Waals surface area contributed by atoms with E-state index >= 15 is 0 Å². The van der Waals surface area contributed by atoms with E-state index in [1.54, 1.807) is 12.1 Å². The lowest BCUT2D eigenvalue weighted by Crippen LogP contribution is -2.00. The van der Waals surface area contributed by atoms with E-state index in [9.17, 15) is 5.11 Å². The first-order valence-electron chi connectivity index (χ1n) is 4.70. The van der Waals surface area contributed by atoms with Gasteiger partial charge >= 0.3 is 0 Å². The van der Waals surface area contributed by atoms with Crippen molar-refractivity contribution in [2.24, 2.45) is 3.21 Å². The molecular weight excluding hydrogens is 317 g/mol. The molecule has 16 heavy (non-hydrogen) atoms. The van der Waals surface area contributed by atoms with Crippen LogP contribution < -0.4 is 0 Å². The fraction of sp³-hybridized carbons (Fsp3) is 0. The Morgan fingerprint density at radius 3 is 2.75 bits per heavy atom. The molecule has 0 unspecified atom stereocenters. The van der Waals surface area contributed by atoms with E-state index < -0.39 is 0 Å². The zero-order valence-corrected chi connectivity index (χ0v) is 10.4. The van der Waals surface area contributed by atoms with Crippen LogP contribution in [0.1, 0.15) is 5.82 Å². The summed E-state index contributed by atoms with van der Waals surface area (Å²) in [6, 6.07) is 7.04. The quantitative estimate of drug-likeness (QED) is 0.817. The van der Waals surface area contributed by atoms with Gasteiger partial charge in [0.2, 0.25) is 0 Å². The Balaban J connectivity index is 2.07. The van der Waals surface area contributed by atoms with Crippen LogP contribution in [0.4, 0.5) is 0 Å². The summed E-state index contributed by atoms with van der Waals surface area (Å²) in [4.78, 5) is 4.47. The van der Waals surface area contributed by atoms with Crippen LogP contribution in [-0.2, 0) is 0 Å². The summed E-state index contributed by atoms with van der Waals surface area (Å²) in [5.41, 5.74) is 1.91. The summed E-state index contributed by atoms with van der Waals surface area (Å²) in [5.74, 6) is 1.14. The molecular formula is C11H8IN3O. The van der Waals surface area contributed by atoms with E-state index in [1.807, 2.05) is 29.1 Å². The Kier molecular flexibility index (Phi) is 2.32. The zero-order valence-electron chi connectivity index (χ0n) is 8.21. The summed E-state index contributed by atoms with van der Waals surface area (Å²) in [6.07, 6.45) is 3.81. The van der Waals surface area contributed by atoms with Crippen molar-refractivity contribution in [1.82, 2.24) is 9.55 Å². The number of hydrogen-bond donors (Lipinski definition) is 1. The average molecular weight is 325 g/mol. The van der Waals surface area contributed by atoms with Crippen molar-refractivity contribution in [2.75, 3.05) is 0 Å². The molecule has 1 aromatic carbocycles. The third-order valence-electron chi connectivity index (χ3n) is 2.29. The molecule has 2 heterocycles. The zero-order chi connectivity index (χ0) is 11.0. The molecule has 1 aromatic heterocycles. The monoisotopic (exact) mass is 325 g/mol. The maximum absolute atomic E-state index is 9.22. The van der Waals surface area contributed by atoms with Gasteiger partial charge in [-0.2, -0.15) is 0 Å². The molecule has 3 rings (SSSR count). The second-order valence-corrected chi connectivity index (χ2v) is 5.03. The van der Waals surface area contributed by atoms with Crippen molar-refractivity contribution in [3.63, 3.8) is 0 Å². The smallest absolute Gasteiger partial charge is 0.156 e. The highest BCUT2D eigenvalue weighted by Gasteiger charge is 2.08. The number of fused-ring (bicyclic) bond motifs is 1. The molecule has 0 radical (unpaired) electrons. The first-order valence-corrected chi connectivity index (χ1v) is 6.92. The van der Waals surface area contributed by atoms with Gasteiger partial charge in [0.1, 0.15) is 5.75 Å². The first-order chi connectivity index (χ1) is 7.83. The van der Waals surface area contributed by atoms with Crippen LogP contribution in [0, 0.1) is 0 Å². The highest BCUT2D eigenvalue weighted by Crippen LogP contribution is 2.21. The Morgan fingerprint density at radius 1 is 1.19 bits per heavy atom. The highest BCUT2D eigenvalue weighted by atomic mass is 127. The van der Waals surface area contributed by atoms with Gasteiger partial charge < -0.3 is 5.11 Å². The molecule has 0 atom stereocenters. The predicted octanol–water partition coefficient (Wildman–Crippen LogP) is 2.18. The fourth-order valence-electron chi connectivity index (χ4n) is 1.50. The number of aromatic nitrogens is 2. The van der Waals surface area contributed by atoms with Gasteiger partial charge in [0, 0.05) is 32.8 Å². The maximum atomic E-state index is 9.22. The number of imidazole rings is 1. The standard InChI is InChI=1S/C11H8IN3O/c16-9-3-1-8(2-4-9)10-6-15-7-12-13-5-11(15)14-10/h1-7,16H. The van der Waals surface area contributed by atoms with E-state index in [2.05, 4.69) is 12.3 Å². The second-order valence-electron chi connectivity index (χ2n) is 3.36. The number of nitrogens with zero attached hydrogens (tertiary/aromatic N) is 3. The van der Waals surface area contributed by atoms with Gasteiger partial charge in [-0.05, 0) is 24.3 Å². The number of halogens is 1. The molecule has 80 valence electrons. The topological polar surface area (TPSA) is 50.4 Å². The van der Waals surface area contributed by atoms with E-state index in [0.717, 1.165) is 17.1 Å². The van der Waals surface area contributed by atoms with Gasteiger partial charge in [-0.1, -0.05) is 0 Å². The number of aromatic hydroxyl groups is 1. The van der Waals surface area contributed by atoms with Gasteiger partial charge in [0.05, 0.1) is 16.0 Å². The summed E-state index contributed by atoms with van der Waals surface area (Å²) in [6.45, 7) is 0. The molecule has 0 spiro atoms. The lowest BCUT2D eigenvalue weighted by atomic mass is 10.2. The SMILES string of the molecule is Oc1ccc(-c2cn3c(n2)C=NI=C3)cc1. The highest BCUT2D eigenvalue weighted by molar-refractivity contribution is 14.2. The summed E-state index contributed by atoms with van der Waals surface area (Å²) < 4.78 is 8.35. The number of phenols is 1. The van der Waals surface area contributed by atoms with Gasteiger partial charge in [0.25, 0.3) is 0 Å². The van der Waals surface area contributed by atoms with Crippen molar-refractivity contribution >= 4 is 31.4 Å². The predicted molar refractivity (Wildman–Crippen MR) is 72.4 cm³/mol. The molecule has 1 aliphatic rings. The van der Waals surface area contributed by atoms with Crippen molar-refractivity contribution in [1.29, 1.82) is 0 Å². The van der Waals surface area contributed by atoms with Gasteiger partial charge in [-0.25, -0.2) is 8.19 Å². The molecule has 0 aliphatic carbocycles. The Labute approximate surface area is 102 Å². The third kappa shape index (κ3) is 1.67. The minimum Gasteiger partial charge on any atom is -0.508 e. The minimum absolute atomic E-state index is 0.209. The molecule has 5 heteroatoms. The van der Waals surface area contributed by atoms with Gasteiger partial charge in [-0.3, -0.25) is 4.57 Å². The molecule has 0 bridgehead atoms. The number of benzene rings is 1. The molecule has 4 nitrogen and oxygen atoms in total. The molecule has 0 amide bonds. The van der Waals surface area contributed by atoms with Crippen LogP contribution in [0.5, 0.6) is 5.75 Å². The number of phenolic OH excluding ortho intramolecular Hbond substituents is 1. The summed E-state index contributed by atoms with van der Waals surface area (Å²) in [7, 11) is 0. The molecule has 2 aromatic rings. The normalized spacial score (nSPS) is 13.2. The Morgan fingerprint density at radius 2 is 2.00 bits per heavy atom. The Bertz CT molecular complexity index is 554. The third-order valence-corrected chi connectivity index (χ3v) is 3.74. The van der Waals surface area contributed by atoms with Crippen molar-refractivity contribution in [3.8, 4) is 17.0 Å². The summed E-state index contributed by atoms with van der Waals surface area (Å²) >= 11 is -0.209. The van der Waals surface area contributed by atoms with Crippen LogP contribution in [0.25, 0.3) is 11.3 Å². The Hall–Kier alpha value is -1.50. The fourth-order valence-corrected chi connectivity index (χ4v) is 2.77. The van der Waals surface area contributed by atoms with Crippen molar-refractivity contribution in [2.45, 2.75) is 0 Å². The minimum atomic E-state index is -0.209. The lowest BCUT2D eigenvalue weighted by Gasteiger charge is -1.96. The van der Waals surface area contributed by atoms with E-state index in [1.165, 1.54) is 0 Å². The van der Waals surface area contributed by atoms with E-state index in [0.29, 0.717) is 0 Å². The molecule has 1 aliphatic heterocycles. The van der Waals surface area contributed by atoms with Gasteiger partial charge in [0.15, 0.2) is 5.82 Å². The molecule has 0 fully saturated rings. The van der Waals surface area contributed by atoms with Crippen LogP contribution in [-0.4, -0.2) is 25.0 Å². The van der Waals surface area contributed by atoms with Crippen molar-refractivity contribution < 1.29 is 5.11 Å². The lowest BCUT2D eigenvalue weighted by molar-refractivity contribution is 0.475. The second kappa shape index (κ2) is 3.82. The van der Waals surface area contributed by atoms with Crippen LogP contribution in [0.3, 0.4) is 0 Å². The van der Waals surface area contributed by atoms with Crippen LogP contribution in [0.15, 0.2) is 33.7 Å². The van der Waals surface area contributed by atoms with E-state index in [-0.39, 0.29) is 26.8 Å². The largest absolute Gasteiger partial charge is 0.508 e. The molecule has 1 N–H and O–H groups in total. The van der Waals surface area contributed by atoms with Crippen LogP contribution in [0.2, 0.25) is 0 Å². The average Bonchev–Trinajstić information content (AvgIpc) is 2.73. The number of hydrogen-bond acceptors (Lipinski definition) is 3. The van der Waals surface area contributed by atoms with E-state index in [4.69, 9.17) is 0 Å². The van der Waals surface area contributed by atoms with Gasteiger partial charge in [-0.15, -0.1) is 0 Å². The summed E-state index contributed by atoms with van der Waals surface area (Å²) in [5, 5.41) is 9.22. The molecule has 0 saturated heterocycles. The number of rotatable bonds is 1. The molecule has 0 saturated carbocycles.